The average Bonchev–Trinajstić information content (AvgIpc) is 2.85. The Kier molecular flexibility index (Phi) is 4.00. The summed E-state index contributed by atoms with van der Waals surface area (Å²) >= 11 is 0. The van der Waals surface area contributed by atoms with Gasteiger partial charge in [0.2, 0.25) is 5.09 Å². The first-order valence-electron chi connectivity index (χ1n) is 5.83. The molecule has 2 rings (SSSR count). The number of rotatable bonds is 5. The first kappa shape index (κ1) is 14.5. The van der Waals surface area contributed by atoms with Crippen LogP contribution < -0.4 is 10.5 Å². The smallest absolute Gasteiger partial charge is 0.271 e. The molecule has 0 bridgehead atoms. The third kappa shape index (κ3) is 3.56. The van der Waals surface area contributed by atoms with Crippen LogP contribution in [0.4, 0.5) is 0 Å². The van der Waals surface area contributed by atoms with Gasteiger partial charge in [-0.3, -0.25) is 0 Å². The van der Waals surface area contributed by atoms with Crippen molar-refractivity contribution in [2.75, 3.05) is 12.3 Å². The van der Waals surface area contributed by atoms with Crippen molar-refractivity contribution in [2.24, 2.45) is 5.14 Å². The minimum atomic E-state index is -3.83. The Balaban J connectivity index is 1.88. The van der Waals surface area contributed by atoms with Crippen molar-refractivity contribution in [3.05, 3.63) is 17.9 Å². The molecule has 1 saturated heterocycles. The molecule has 1 aromatic rings. The number of hydrogen-bond acceptors (Lipinski definition) is 6. The molecule has 1 aliphatic rings. The molecule has 0 spiro atoms. The summed E-state index contributed by atoms with van der Waals surface area (Å²) in [5.74, 6) is 0.648. The molecule has 19 heavy (non-hydrogen) atoms. The van der Waals surface area contributed by atoms with Gasteiger partial charge in [-0.2, -0.15) is 0 Å². The van der Waals surface area contributed by atoms with E-state index in [1.807, 2.05) is 0 Å². The second-order valence-electron chi connectivity index (χ2n) is 4.53. The quantitative estimate of drug-likeness (QED) is 0.763. The summed E-state index contributed by atoms with van der Waals surface area (Å²) in [4.78, 5) is 0. The number of hydrogen-bond donors (Lipinski definition) is 2. The van der Waals surface area contributed by atoms with Gasteiger partial charge in [0.1, 0.15) is 5.76 Å². The Bertz CT molecular complexity index is 647. The molecule has 2 heterocycles. The van der Waals surface area contributed by atoms with E-state index in [2.05, 4.69) is 5.32 Å². The van der Waals surface area contributed by atoms with Crippen LogP contribution in [0.1, 0.15) is 18.6 Å². The van der Waals surface area contributed by atoms with E-state index in [-0.39, 0.29) is 22.6 Å². The first-order chi connectivity index (χ1) is 8.79. The summed E-state index contributed by atoms with van der Waals surface area (Å²) in [5.41, 5.74) is 0. The Hall–Kier alpha value is -0.900. The zero-order chi connectivity index (χ0) is 14.1. The van der Waals surface area contributed by atoms with E-state index in [1.165, 1.54) is 12.1 Å². The lowest BCUT2D eigenvalue weighted by atomic mass is 10.2. The van der Waals surface area contributed by atoms with Crippen LogP contribution >= 0.6 is 0 Å². The van der Waals surface area contributed by atoms with Crippen molar-refractivity contribution < 1.29 is 21.3 Å². The molecule has 0 saturated carbocycles. The molecule has 3 N–H and O–H groups in total. The zero-order valence-corrected chi connectivity index (χ0v) is 11.8. The molecular weight excluding hydrogens is 292 g/mol. The van der Waals surface area contributed by atoms with Crippen LogP contribution in [0.3, 0.4) is 0 Å². The Morgan fingerprint density at radius 3 is 2.68 bits per heavy atom. The molecule has 108 valence electrons. The number of nitrogens with two attached hydrogens (primary N) is 1. The highest BCUT2D eigenvalue weighted by Gasteiger charge is 2.30. The number of primary sulfonamides is 1. The van der Waals surface area contributed by atoms with Crippen LogP contribution in [0.2, 0.25) is 0 Å². The molecule has 0 aromatic carbocycles. The molecule has 1 aromatic heterocycles. The molecule has 0 amide bonds. The summed E-state index contributed by atoms with van der Waals surface area (Å²) in [7, 11) is -6.80. The minimum Gasteiger partial charge on any atom is -0.447 e. The number of sulfonamides is 1. The van der Waals surface area contributed by atoms with E-state index in [0.717, 1.165) is 0 Å². The molecule has 1 atom stereocenters. The molecule has 0 radical (unpaired) electrons. The molecular formula is C10H16N2O5S2. The summed E-state index contributed by atoms with van der Waals surface area (Å²) in [6.07, 6.45) is 1.36. The van der Waals surface area contributed by atoms with Crippen LogP contribution in [0.15, 0.2) is 21.6 Å². The van der Waals surface area contributed by atoms with Gasteiger partial charge in [0, 0.05) is 6.54 Å². The SMILES string of the molecule is NS(=O)(=O)c1ccc(CNCC2CCCS2(=O)=O)o1. The fraction of sp³-hybridized carbons (Fsp3) is 0.600. The standard InChI is InChI=1S/C10H16N2O5S2/c11-19(15,16)10-4-3-8(17-10)6-12-7-9-2-1-5-18(9,13)14/h3-4,9,12H,1-2,5-7H2,(H2,11,15,16). The van der Waals surface area contributed by atoms with E-state index in [0.29, 0.717) is 25.1 Å². The number of sulfone groups is 1. The number of furan rings is 1. The summed E-state index contributed by atoms with van der Waals surface area (Å²) < 4.78 is 50.2. The maximum absolute atomic E-state index is 11.6. The van der Waals surface area contributed by atoms with E-state index in [4.69, 9.17) is 9.56 Å². The fourth-order valence-corrected chi connectivity index (χ4v) is 4.33. The summed E-state index contributed by atoms with van der Waals surface area (Å²) in [6, 6.07) is 2.77. The largest absolute Gasteiger partial charge is 0.447 e. The lowest BCUT2D eigenvalue weighted by molar-refractivity contribution is 0.402. The first-order valence-corrected chi connectivity index (χ1v) is 9.09. The predicted octanol–water partition coefficient (Wildman–Crippen LogP) is -0.406. The van der Waals surface area contributed by atoms with Gasteiger partial charge in [0.05, 0.1) is 17.5 Å². The normalized spacial score (nSPS) is 22.7. The average molecular weight is 308 g/mol. The Labute approximate surface area is 112 Å². The highest BCUT2D eigenvalue weighted by Crippen LogP contribution is 2.19. The minimum absolute atomic E-state index is 0.246. The highest BCUT2D eigenvalue weighted by atomic mass is 32.2. The van der Waals surface area contributed by atoms with Crippen molar-refractivity contribution in [3.63, 3.8) is 0 Å². The van der Waals surface area contributed by atoms with Gasteiger partial charge >= 0.3 is 0 Å². The van der Waals surface area contributed by atoms with Gasteiger partial charge in [0.25, 0.3) is 10.0 Å². The van der Waals surface area contributed by atoms with E-state index in [1.54, 1.807) is 0 Å². The predicted molar refractivity (Wildman–Crippen MR) is 68.6 cm³/mol. The molecule has 9 heteroatoms. The van der Waals surface area contributed by atoms with Crippen molar-refractivity contribution in [1.82, 2.24) is 5.32 Å². The zero-order valence-electron chi connectivity index (χ0n) is 10.2. The lowest BCUT2D eigenvalue weighted by Gasteiger charge is -2.09. The van der Waals surface area contributed by atoms with Crippen LogP contribution in [-0.2, 0) is 26.4 Å². The van der Waals surface area contributed by atoms with Gasteiger partial charge < -0.3 is 9.73 Å². The number of nitrogens with one attached hydrogen (secondary N) is 1. The fourth-order valence-electron chi connectivity index (χ4n) is 2.05. The van der Waals surface area contributed by atoms with E-state index < -0.39 is 19.9 Å². The molecule has 1 aliphatic heterocycles. The van der Waals surface area contributed by atoms with Crippen molar-refractivity contribution in [3.8, 4) is 0 Å². The van der Waals surface area contributed by atoms with Gasteiger partial charge in [-0.25, -0.2) is 22.0 Å². The van der Waals surface area contributed by atoms with Crippen LogP contribution in [0.5, 0.6) is 0 Å². The van der Waals surface area contributed by atoms with Crippen molar-refractivity contribution in [2.45, 2.75) is 29.7 Å². The maximum atomic E-state index is 11.6. The molecule has 1 unspecified atom stereocenters. The maximum Gasteiger partial charge on any atom is 0.271 e. The van der Waals surface area contributed by atoms with Gasteiger partial charge in [-0.05, 0) is 25.0 Å². The van der Waals surface area contributed by atoms with E-state index in [9.17, 15) is 16.8 Å². The van der Waals surface area contributed by atoms with Crippen molar-refractivity contribution in [1.29, 1.82) is 0 Å². The van der Waals surface area contributed by atoms with Crippen LogP contribution in [0.25, 0.3) is 0 Å². The summed E-state index contributed by atoms with van der Waals surface area (Å²) in [6.45, 7) is 0.606. The van der Waals surface area contributed by atoms with Crippen molar-refractivity contribution >= 4 is 19.9 Å². The third-order valence-electron chi connectivity index (χ3n) is 3.05. The molecule has 7 nitrogen and oxygen atoms in total. The monoisotopic (exact) mass is 308 g/mol. The summed E-state index contributed by atoms with van der Waals surface area (Å²) in [5, 5.41) is 7.21. The third-order valence-corrected chi connectivity index (χ3v) is 6.11. The molecule has 1 fully saturated rings. The second kappa shape index (κ2) is 5.23. The second-order valence-corrected chi connectivity index (χ2v) is 8.42. The van der Waals surface area contributed by atoms with Crippen LogP contribution in [-0.4, -0.2) is 34.4 Å². The van der Waals surface area contributed by atoms with E-state index >= 15 is 0 Å². The Morgan fingerprint density at radius 1 is 1.42 bits per heavy atom. The van der Waals surface area contributed by atoms with Gasteiger partial charge in [0.15, 0.2) is 9.84 Å². The topological polar surface area (TPSA) is 119 Å². The Morgan fingerprint density at radius 2 is 2.16 bits per heavy atom. The van der Waals surface area contributed by atoms with Gasteiger partial charge in [-0.1, -0.05) is 0 Å². The van der Waals surface area contributed by atoms with Crippen LogP contribution in [0, 0.1) is 0 Å². The van der Waals surface area contributed by atoms with Gasteiger partial charge in [-0.15, -0.1) is 0 Å². The highest BCUT2D eigenvalue weighted by molar-refractivity contribution is 7.92. The molecule has 0 aliphatic carbocycles. The lowest BCUT2D eigenvalue weighted by Crippen LogP contribution is -2.30.